The van der Waals surface area contributed by atoms with Crippen LogP contribution in [0.5, 0.6) is 0 Å². The Kier molecular flexibility index (Phi) is 15.6. The molecule has 82 valence electrons. The van der Waals surface area contributed by atoms with Gasteiger partial charge < -0.3 is 5.73 Å². The minimum atomic E-state index is 0.981. The summed E-state index contributed by atoms with van der Waals surface area (Å²) >= 11 is 0. The van der Waals surface area contributed by atoms with Crippen LogP contribution in [-0.4, -0.2) is 0 Å². The van der Waals surface area contributed by atoms with Crippen molar-refractivity contribution >= 4 is 0 Å². The van der Waals surface area contributed by atoms with Crippen molar-refractivity contribution in [3.63, 3.8) is 0 Å². The first-order chi connectivity index (χ1) is 7.22. The van der Waals surface area contributed by atoms with Gasteiger partial charge >= 0.3 is 0 Å². The fourth-order valence-electron chi connectivity index (χ4n) is 0.725. The quantitative estimate of drug-likeness (QED) is 0.548. The number of hydrogen-bond donors (Lipinski definition) is 1. The number of nitrogens with two attached hydrogens (primary N) is 1. The lowest BCUT2D eigenvalue weighted by atomic mass is 10.2. The maximum Gasteiger partial charge on any atom is -0.00297 e. The molecule has 0 aromatic carbocycles. The van der Waals surface area contributed by atoms with Crippen LogP contribution in [-0.2, 0) is 0 Å². The van der Waals surface area contributed by atoms with Crippen LogP contribution in [0.1, 0.15) is 27.2 Å². The van der Waals surface area contributed by atoms with E-state index in [9.17, 15) is 0 Å². The Hall–Kier alpha value is -1.68. The van der Waals surface area contributed by atoms with Crippen LogP contribution >= 0.6 is 0 Å². The molecule has 0 spiro atoms. The van der Waals surface area contributed by atoms with E-state index in [1.54, 1.807) is 6.92 Å². The van der Waals surface area contributed by atoms with Crippen molar-refractivity contribution < 1.29 is 0 Å². The maximum absolute atomic E-state index is 5.17. The SMILES string of the molecule is C#CC.C/C=C\C=C(/C)C/C=C\C=C/N. The van der Waals surface area contributed by atoms with E-state index >= 15 is 0 Å². The summed E-state index contributed by atoms with van der Waals surface area (Å²) in [6.45, 7) is 5.77. The molecule has 0 atom stereocenters. The molecule has 1 heteroatoms. The molecule has 0 unspecified atom stereocenters. The van der Waals surface area contributed by atoms with Crippen molar-refractivity contribution in [2.75, 3.05) is 0 Å². The summed E-state index contributed by atoms with van der Waals surface area (Å²) in [4.78, 5) is 0. The van der Waals surface area contributed by atoms with Crippen molar-refractivity contribution in [3.05, 3.63) is 48.2 Å². The van der Waals surface area contributed by atoms with Gasteiger partial charge in [0.2, 0.25) is 0 Å². The highest BCUT2D eigenvalue weighted by Gasteiger charge is 1.80. The molecule has 0 aliphatic heterocycles. The van der Waals surface area contributed by atoms with E-state index in [0.29, 0.717) is 0 Å². The third-order valence-electron chi connectivity index (χ3n) is 1.37. The molecule has 0 saturated heterocycles. The van der Waals surface area contributed by atoms with E-state index in [2.05, 4.69) is 31.4 Å². The molecule has 2 N–H and O–H groups in total. The molecular weight excluding hydrogens is 182 g/mol. The summed E-state index contributed by atoms with van der Waals surface area (Å²) in [6.07, 6.45) is 19.1. The Morgan fingerprint density at radius 3 is 2.40 bits per heavy atom. The Morgan fingerprint density at radius 1 is 1.33 bits per heavy atom. The van der Waals surface area contributed by atoms with Gasteiger partial charge in [-0.25, -0.2) is 0 Å². The van der Waals surface area contributed by atoms with Crippen LogP contribution in [0, 0.1) is 12.3 Å². The molecule has 0 aliphatic rings. The summed E-state index contributed by atoms with van der Waals surface area (Å²) in [5.41, 5.74) is 6.51. The second kappa shape index (κ2) is 14.8. The Morgan fingerprint density at radius 2 is 1.93 bits per heavy atom. The lowest BCUT2D eigenvalue weighted by Crippen LogP contribution is -1.73. The standard InChI is InChI=1S/C11H17N.C3H4/c1-3-4-8-11(2)9-6-5-7-10-12;1-3-2/h3-8,10H,9,12H2,1-2H3;1H,2H3/b4-3-,6-5-,10-7-,11-8+;. The van der Waals surface area contributed by atoms with Gasteiger partial charge in [0, 0.05) is 0 Å². The molecule has 15 heavy (non-hydrogen) atoms. The topological polar surface area (TPSA) is 26.0 Å². The first kappa shape index (κ1) is 15.8. The highest BCUT2D eigenvalue weighted by molar-refractivity contribution is 5.14. The monoisotopic (exact) mass is 203 g/mol. The van der Waals surface area contributed by atoms with E-state index < -0.39 is 0 Å². The molecule has 1 nitrogen and oxygen atoms in total. The molecule has 0 amide bonds. The minimum Gasteiger partial charge on any atom is -0.405 e. The summed E-state index contributed by atoms with van der Waals surface area (Å²) in [6, 6.07) is 0. The highest BCUT2D eigenvalue weighted by atomic mass is 14.5. The molecule has 0 saturated carbocycles. The molecule has 0 aromatic rings. The second-order valence-corrected chi connectivity index (χ2v) is 2.84. The molecule has 0 rings (SSSR count). The number of hydrogen-bond acceptors (Lipinski definition) is 1. The van der Waals surface area contributed by atoms with Gasteiger partial charge in [0.25, 0.3) is 0 Å². The van der Waals surface area contributed by atoms with Gasteiger partial charge in [-0.15, -0.1) is 12.3 Å². The Labute approximate surface area is 94.1 Å². The first-order valence-electron chi connectivity index (χ1n) is 4.92. The Balaban J connectivity index is 0. The normalized spacial score (nSPS) is 11.7. The zero-order valence-electron chi connectivity index (χ0n) is 9.90. The van der Waals surface area contributed by atoms with Gasteiger partial charge in [0.15, 0.2) is 0 Å². The number of rotatable bonds is 4. The Bertz CT molecular complexity index is 272. The minimum absolute atomic E-state index is 0.981. The second-order valence-electron chi connectivity index (χ2n) is 2.84. The predicted octanol–water partition coefficient (Wildman–Crippen LogP) is 3.57. The van der Waals surface area contributed by atoms with Crippen LogP contribution in [0.15, 0.2) is 48.2 Å². The van der Waals surface area contributed by atoms with Gasteiger partial charge in [-0.05, 0) is 39.5 Å². The molecule has 0 radical (unpaired) electrons. The predicted molar refractivity (Wildman–Crippen MR) is 70.2 cm³/mol. The summed E-state index contributed by atoms with van der Waals surface area (Å²) in [7, 11) is 0. The van der Waals surface area contributed by atoms with Gasteiger partial charge in [0.1, 0.15) is 0 Å². The summed E-state index contributed by atoms with van der Waals surface area (Å²) < 4.78 is 0. The average Bonchev–Trinajstić information content (AvgIpc) is 2.23. The first-order valence-corrected chi connectivity index (χ1v) is 4.92. The van der Waals surface area contributed by atoms with Crippen LogP contribution < -0.4 is 5.73 Å². The van der Waals surface area contributed by atoms with Crippen molar-refractivity contribution in [3.8, 4) is 12.3 Å². The van der Waals surface area contributed by atoms with E-state index in [4.69, 9.17) is 5.73 Å². The van der Waals surface area contributed by atoms with E-state index in [1.807, 2.05) is 31.2 Å². The fourth-order valence-corrected chi connectivity index (χ4v) is 0.725. The van der Waals surface area contributed by atoms with E-state index in [1.165, 1.54) is 11.8 Å². The van der Waals surface area contributed by atoms with Crippen LogP contribution in [0.4, 0.5) is 0 Å². The molecule has 0 fully saturated rings. The molecule has 0 bridgehead atoms. The zero-order chi connectivity index (χ0) is 11.9. The van der Waals surface area contributed by atoms with Crippen LogP contribution in [0.25, 0.3) is 0 Å². The molecule has 0 heterocycles. The van der Waals surface area contributed by atoms with Gasteiger partial charge in [-0.3, -0.25) is 0 Å². The maximum atomic E-state index is 5.17. The van der Waals surface area contributed by atoms with Gasteiger partial charge in [0.05, 0.1) is 0 Å². The molecular formula is C14H21N. The average molecular weight is 203 g/mol. The summed E-state index contributed by atoms with van der Waals surface area (Å²) in [5, 5.41) is 0. The zero-order valence-corrected chi connectivity index (χ0v) is 9.90. The van der Waals surface area contributed by atoms with Gasteiger partial charge in [-0.2, -0.15) is 0 Å². The highest BCUT2D eigenvalue weighted by Crippen LogP contribution is 2.00. The van der Waals surface area contributed by atoms with Crippen molar-refractivity contribution in [1.82, 2.24) is 0 Å². The fraction of sp³-hybridized carbons (Fsp3) is 0.286. The van der Waals surface area contributed by atoms with E-state index in [-0.39, 0.29) is 0 Å². The largest absolute Gasteiger partial charge is 0.405 e. The number of terminal acetylenes is 1. The summed E-state index contributed by atoms with van der Waals surface area (Å²) in [5.74, 6) is 2.25. The van der Waals surface area contributed by atoms with Crippen LogP contribution in [0.2, 0.25) is 0 Å². The third kappa shape index (κ3) is 19.0. The smallest absolute Gasteiger partial charge is 0.00297 e. The molecule has 0 aromatic heterocycles. The van der Waals surface area contributed by atoms with Crippen molar-refractivity contribution in [2.24, 2.45) is 5.73 Å². The third-order valence-corrected chi connectivity index (χ3v) is 1.37. The molecule has 0 aliphatic carbocycles. The lowest BCUT2D eigenvalue weighted by Gasteiger charge is -1.90. The number of allylic oxidation sites excluding steroid dienone is 7. The van der Waals surface area contributed by atoms with Crippen molar-refractivity contribution in [1.29, 1.82) is 0 Å². The van der Waals surface area contributed by atoms with E-state index in [0.717, 1.165) is 6.42 Å². The lowest BCUT2D eigenvalue weighted by molar-refractivity contribution is 1.21. The van der Waals surface area contributed by atoms with Crippen molar-refractivity contribution in [2.45, 2.75) is 27.2 Å². The van der Waals surface area contributed by atoms with Crippen LogP contribution in [0.3, 0.4) is 0 Å². The van der Waals surface area contributed by atoms with Gasteiger partial charge in [-0.1, -0.05) is 36.0 Å².